The molecule has 1 aromatic carbocycles. The van der Waals surface area contributed by atoms with Crippen molar-refractivity contribution in [1.29, 1.82) is 0 Å². The number of ether oxygens (including phenoxy) is 2. The molecule has 0 fully saturated rings. The third-order valence-electron chi connectivity index (χ3n) is 3.38. The van der Waals surface area contributed by atoms with Gasteiger partial charge in [-0.3, -0.25) is 0 Å². The summed E-state index contributed by atoms with van der Waals surface area (Å²) in [6.45, 7) is 12.2. The third-order valence-corrected chi connectivity index (χ3v) is 4.28. The number of hydrogen-bond acceptors (Lipinski definition) is 3. The van der Waals surface area contributed by atoms with Crippen LogP contribution in [0.25, 0.3) is 0 Å². The predicted octanol–water partition coefficient (Wildman–Crippen LogP) is 3.67. The van der Waals surface area contributed by atoms with Gasteiger partial charge < -0.3 is 14.8 Å². The fourth-order valence-electron chi connectivity index (χ4n) is 2.19. The molecule has 0 unspecified atom stereocenters. The van der Waals surface area contributed by atoms with Crippen molar-refractivity contribution in [2.75, 3.05) is 13.9 Å². The van der Waals surface area contributed by atoms with E-state index in [0.717, 1.165) is 6.54 Å². The first-order valence-corrected chi connectivity index (χ1v) is 11.7. The van der Waals surface area contributed by atoms with Crippen LogP contribution in [0.15, 0.2) is 30.3 Å². The van der Waals surface area contributed by atoms with Gasteiger partial charge >= 0.3 is 0 Å². The molecular weight excluding hydrogens is 302 g/mol. The van der Waals surface area contributed by atoms with Gasteiger partial charge in [-0.1, -0.05) is 69.7 Å². The molecule has 2 atom stereocenters. The van der Waals surface area contributed by atoms with Crippen LogP contribution in [0.2, 0.25) is 19.6 Å². The van der Waals surface area contributed by atoms with Gasteiger partial charge in [0.1, 0.15) is 21.0 Å². The summed E-state index contributed by atoms with van der Waals surface area (Å²) in [6, 6.07) is 10.6. The molecule has 0 bridgehead atoms. The molecule has 0 aliphatic heterocycles. The highest BCUT2D eigenvalue weighted by atomic mass is 28.3. The average Bonchev–Trinajstić information content (AvgIpc) is 2.49. The highest BCUT2D eigenvalue weighted by Gasteiger charge is 2.24. The Balaban J connectivity index is 2.83. The molecule has 23 heavy (non-hydrogen) atoms. The second kappa shape index (κ2) is 9.89. The first-order chi connectivity index (χ1) is 10.8. The quantitative estimate of drug-likeness (QED) is 0.447. The van der Waals surface area contributed by atoms with Crippen molar-refractivity contribution in [3.8, 4) is 11.5 Å². The number of rotatable bonds is 8. The first kappa shape index (κ1) is 19.9. The maximum absolute atomic E-state index is 5.86. The van der Waals surface area contributed by atoms with Gasteiger partial charge in [-0.15, -0.1) is 5.54 Å². The van der Waals surface area contributed by atoms with Crippen LogP contribution in [0.5, 0.6) is 0 Å². The fourth-order valence-corrected chi connectivity index (χ4v) is 2.76. The predicted molar refractivity (Wildman–Crippen MR) is 99.8 cm³/mol. The van der Waals surface area contributed by atoms with Crippen LogP contribution in [0.3, 0.4) is 0 Å². The zero-order valence-electron chi connectivity index (χ0n) is 15.3. The van der Waals surface area contributed by atoms with Crippen molar-refractivity contribution in [3.05, 3.63) is 35.9 Å². The molecule has 0 aliphatic carbocycles. The Morgan fingerprint density at radius 2 is 1.78 bits per heavy atom. The third kappa shape index (κ3) is 8.33. The topological polar surface area (TPSA) is 30.5 Å². The molecule has 4 heteroatoms. The summed E-state index contributed by atoms with van der Waals surface area (Å²) in [6.07, 6.45) is -0.162. The highest BCUT2D eigenvalue weighted by Crippen LogP contribution is 2.12. The molecule has 0 amide bonds. The number of methoxy groups -OCH3 is 1. The summed E-state index contributed by atoms with van der Waals surface area (Å²) < 4.78 is 11.0. The SMILES string of the molecule is COCO[C@H](C#C[Si](C)(C)C)[C@@H](NCc1ccccc1)C(C)C. The Bertz CT molecular complexity index is 500. The Kier molecular flexibility index (Phi) is 8.57. The van der Waals surface area contributed by atoms with E-state index in [1.807, 2.05) is 6.07 Å². The second-order valence-corrected chi connectivity index (χ2v) is 11.9. The van der Waals surface area contributed by atoms with E-state index < -0.39 is 8.07 Å². The lowest BCUT2D eigenvalue weighted by Crippen LogP contribution is -2.44. The minimum absolute atomic E-state index is 0.161. The smallest absolute Gasteiger partial charge is 0.148 e. The van der Waals surface area contributed by atoms with E-state index in [1.54, 1.807) is 7.11 Å². The standard InChI is InChI=1S/C19H31NO2Si/c1-16(2)19(20-14-17-10-8-7-9-11-17)18(22-15-21-3)12-13-23(4,5)6/h7-11,16,18-20H,14-15H2,1-6H3/t18-,19+/m1/s1. The normalized spacial score (nSPS) is 14.2. The molecule has 0 aromatic heterocycles. The molecule has 0 radical (unpaired) electrons. The van der Waals surface area contributed by atoms with Crippen LogP contribution >= 0.6 is 0 Å². The number of benzene rings is 1. The summed E-state index contributed by atoms with van der Waals surface area (Å²) in [5.74, 6) is 3.77. The Morgan fingerprint density at radius 3 is 2.30 bits per heavy atom. The molecule has 0 saturated carbocycles. The van der Waals surface area contributed by atoms with Gasteiger partial charge in [0, 0.05) is 19.7 Å². The van der Waals surface area contributed by atoms with Gasteiger partial charge in [0.25, 0.3) is 0 Å². The lowest BCUT2D eigenvalue weighted by molar-refractivity contribution is -0.0672. The lowest BCUT2D eigenvalue weighted by atomic mass is 9.98. The van der Waals surface area contributed by atoms with Gasteiger partial charge in [0.2, 0.25) is 0 Å². The van der Waals surface area contributed by atoms with Crippen LogP contribution in [0.4, 0.5) is 0 Å². The summed E-state index contributed by atoms with van der Waals surface area (Å²) >= 11 is 0. The van der Waals surface area contributed by atoms with Crippen LogP contribution < -0.4 is 5.32 Å². The van der Waals surface area contributed by atoms with Crippen molar-refractivity contribution in [2.45, 2.75) is 52.2 Å². The van der Waals surface area contributed by atoms with Gasteiger partial charge in [-0.05, 0) is 11.5 Å². The van der Waals surface area contributed by atoms with Crippen LogP contribution in [-0.2, 0) is 16.0 Å². The minimum atomic E-state index is -1.44. The molecule has 0 spiro atoms. The van der Waals surface area contributed by atoms with Crippen LogP contribution in [0, 0.1) is 17.4 Å². The Hall–Kier alpha value is -1.12. The Labute approximate surface area is 142 Å². The summed E-state index contributed by atoms with van der Waals surface area (Å²) in [5, 5.41) is 3.61. The molecule has 0 saturated heterocycles. The molecule has 1 aromatic rings. The fraction of sp³-hybridized carbons (Fsp3) is 0.579. The molecule has 1 rings (SSSR count). The van der Waals surface area contributed by atoms with Crippen LogP contribution in [-0.4, -0.2) is 34.1 Å². The van der Waals surface area contributed by atoms with Crippen molar-refractivity contribution in [1.82, 2.24) is 5.32 Å². The van der Waals surface area contributed by atoms with Gasteiger partial charge in [-0.2, -0.15) is 0 Å². The lowest BCUT2D eigenvalue weighted by Gasteiger charge is -2.28. The van der Waals surface area contributed by atoms with Crippen molar-refractivity contribution < 1.29 is 9.47 Å². The van der Waals surface area contributed by atoms with E-state index in [1.165, 1.54) is 5.56 Å². The number of nitrogens with one attached hydrogen (secondary N) is 1. The highest BCUT2D eigenvalue weighted by molar-refractivity contribution is 6.83. The summed E-state index contributed by atoms with van der Waals surface area (Å²) in [4.78, 5) is 0. The molecule has 128 valence electrons. The van der Waals surface area contributed by atoms with E-state index in [2.05, 4.69) is 74.5 Å². The maximum Gasteiger partial charge on any atom is 0.148 e. The zero-order valence-corrected chi connectivity index (χ0v) is 16.3. The average molecular weight is 334 g/mol. The first-order valence-electron chi connectivity index (χ1n) is 8.24. The summed E-state index contributed by atoms with van der Waals surface area (Å²) in [7, 11) is 0.207. The van der Waals surface area contributed by atoms with Crippen molar-refractivity contribution >= 4 is 8.07 Å². The molecular formula is C19H31NO2Si. The van der Waals surface area contributed by atoms with E-state index in [9.17, 15) is 0 Å². The monoisotopic (exact) mass is 333 g/mol. The largest absolute Gasteiger partial charge is 0.359 e. The van der Waals surface area contributed by atoms with E-state index >= 15 is 0 Å². The van der Waals surface area contributed by atoms with Gasteiger partial charge in [0.15, 0.2) is 0 Å². The maximum atomic E-state index is 5.86. The molecule has 0 aliphatic rings. The molecule has 0 heterocycles. The van der Waals surface area contributed by atoms with Gasteiger partial charge in [-0.25, -0.2) is 0 Å². The Morgan fingerprint density at radius 1 is 1.13 bits per heavy atom. The second-order valence-electron chi connectivity index (χ2n) is 7.15. The zero-order chi connectivity index (χ0) is 17.3. The van der Waals surface area contributed by atoms with E-state index in [0.29, 0.717) is 5.92 Å². The van der Waals surface area contributed by atoms with Crippen LogP contribution in [0.1, 0.15) is 19.4 Å². The number of hydrogen-bond donors (Lipinski definition) is 1. The van der Waals surface area contributed by atoms with Crippen molar-refractivity contribution in [3.63, 3.8) is 0 Å². The van der Waals surface area contributed by atoms with Gasteiger partial charge in [0.05, 0.1) is 0 Å². The molecule has 3 nitrogen and oxygen atoms in total. The van der Waals surface area contributed by atoms with Crippen molar-refractivity contribution in [2.24, 2.45) is 5.92 Å². The molecule has 1 N–H and O–H groups in total. The van der Waals surface area contributed by atoms with E-state index in [4.69, 9.17) is 9.47 Å². The minimum Gasteiger partial charge on any atom is -0.359 e. The summed E-state index contributed by atoms with van der Waals surface area (Å²) in [5.41, 5.74) is 4.70. The van der Waals surface area contributed by atoms with E-state index in [-0.39, 0.29) is 18.9 Å².